The Morgan fingerprint density at radius 2 is 2.40 bits per heavy atom. The van der Waals surface area contributed by atoms with Gasteiger partial charge in [0.2, 0.25) is 0 Å². The van der Waals surface area contributed by atoms with Crippen molar-refractivity contribution in [1.29, 1.82) is 0 Å². The number of carbonyl (C=O) groups is 1. The molecular formula is C14H12ClNO3S. The molecule has 1 aromatic heterocycles. The van der Waals surface area contributed by atoms with Gasteiger partial charge in [-0.25, -0.2) is 4.79 Å². The molecule has 1 aliphatic rings. The number of benzene rings is 1. The summed E-state index contributed by atoms with van der Waals surface area (Å²) in [4.78, 5) is 10.6. The lowest BCUT2D eigenvalue weighted by atomic mass is 10.0. The maximum absolute atomic E-state index is 10.6. The Kier molecular flexibility index (Phi) is 3.54. The molecule has 1 aromatic carbocycles. The quantitative estimate of drug-likeness (QED) is 0.910. The van der Waals surface area contributed by atoms with Crippen molar-refractivity contribution in [3.05, 3.63) is 39.5 Å². The summed E-state index contributed by atoms with van der Waals surface area (Å²) < 4.78 is 5.89. The Morgan fingerprint density at radius 3 is 3.10 bits per heavy atom. The van der Waals surface area contributed by atoms with E-state index in [-0.39, 0.29) is 12.6 Å². The first-order chi connectivity index (χ1) is 9.63. The molecule has 1 amide bonds. The Balaban J connectivity index is 1.89. The highest BCUT2D eigenvalue weighted by molar-refractivity contribution is 7.08. The molecular weight excluding hydrogens is 298 g/mol. The fraction of sp³-hybridized carbons (Fsp3) is 0.214. The highest BCUT2D eigenvalue weighted by Gasteiger charge is 2.27. The second-order valence-electron chi connectivity index (χ2n) is 4.58. The number of hydrogen-bond acceptors (Lipinski definition) is 3. The minimum atomic E-state index is -1.04. The molecule has 3 rings (SSSR count). The predicted molar refractivity (Wildman–Crippen MR) is 78.9 cm³/mol. The van der Waals surface area contributed by atoms with Gasteiger partial charge in [0.15, 0.2) is 0 Å². The summed E-state index contributed by atoms with van der Waals surface area (Å²) in [5, 5.41) is 15.7. The van der Waals surface area contributed by atoms with Crippen LogP contribution in [0, 0.1) is 0 Å². The summed E-state index contributed by atoms with van der Waals surface area (Å²) in [5.41, 5.74) is 3.06. The number of rotatable bonds is 3. The summed E-state index contributed by atoms with van der Waals surface area (Å²) in [6, 6.07) is 5.78. The number of nitrogens with one attached hydrogen (secondary N) is 1. The second-order valence-corrected chi connectivity index (χ2v) is 5.80. The zero-order chi connectivity index (χ0) is 14.1. The van der Waals surface area contributed by atoms with Crippen LogP contribution in [0.3, 0.4) is 0 Å². The maximum Gasteiger partial charge on any atom is 0.404 e. The van der Waals surface area contributed by atoms with Gasteiger partial charge in [0.1, 0.15) is 11.9 Å². The van der Waals surface area contributed by atoms with E-state index in [9.17, 15) is 4.79 Å². The molecule has 20 heavy (non-hydrogen) atoms. The van der Waals surface area contributed by atoms with Crippen LogP contribution in [0.5, 0.6) is 5.75 Å². The molecule has 0 saturated carbocycles. The van der Waals surface area contributed by atoms with Gasteiger partial charge in [0.25, 0.3) is 0 Å². The minimum absolute atomic E-state index is 0.183. The summed E-state index contributed by atoms with van der Waals surface area (Å²) in [6.07, 6.45) is -0.564. The number of halogens is 1. The molecule has 0 radical (unpaired) electrons. The average molecular weight is 310 g/mol. The maximum atomic E-state index is 10.6. The number of ether oxygens (including phenoxy) is 1. The van der Waals surface area contributed by atoms with Gasteiger partial charge in [-0.2, -0.15) is 11.3 Å². The number of thiophene rings is 1. The van der Waals surface area contributed by atoms with Crippen LogP contribution in [0.15, 0.2) is 29.0 Å². The average Bonchev–Trinajstić information content (AvgIpc) is 3.04. The van der Waals surface area contributed by atoms with E-state index >= 15 is 0 Å². The van der Waals surface area contributed by atoms with Crippen LogP contribution in [0.4, 0.5) is 4.79 Å². The van der Waals surface area contributed by atoms with E-state index in [1.807, 2.05) is 29.0 Å². The number of fused-ring (bicyclic) bond motifs is 1. The number of hydrogen-bond donors (Lipinski definition) is 2. The van der Waals surface area contributed by atoms with Gasteiger partial charge in [0.05, 0.1) is 6.54 Å². The third-order valence-electron chi connectivity index (χ3n) is 3.18. The fourth-order valence-corrected chi connectivity index (χ4v) is 3.24. The van der Waals surface area contributed by atoms with Gasteiger partial charge in [0, 0.05) is 22.6 Å². The van der Waals surface area contributed by atoms with Gasteiger partial charge in [-0.05, 0) is 34.5 Å². The molecule has 2 aromatic rings. The molecule has 1 unspecified atom stereocenters. The lowest BCUT2D eigenvalue weighted by molar-refractivity contribution is 0.181. The highest BCUT2D eigenvalue weighted by atomic mass is 35.5. The van der Waals surface area contributed by atoms with Crippen LogP contribution in [-0.2, 0) is 6.42 Å². The first-order valence-corrected chi connectivity index (χ1v) is 7.44. The third kappa shape index (κ3) is 2.59. The summed E-state index contributed by atoms with van der Waals surface area (Å²) >= 11 is 7.77. The predicted octanol–water partition coefficient (Wildman–Crippen LogP) is 3.64. The highest BCUT2D eigenvalue weighted by Crippen LogP contribution is 2.41. The summed E-state index contributed by atoms with van der Waals surface area (Å²) in [7, 11) is 0. The molecule has 4 nitrogen and oxygen atoms in total. The lowest BCUT2D eigenvalue weighted by Crippen LogP contribution is -2.33. The fourth-order valence-electron chi connectivity index (χ4n) is 2.34. The Hall–Kier alpha value is -1.72. The lowest BCUT2D eigenvalue weighted by Gasteiger charge is -2.12. The molecule has 0 bridgehead atoms. The minimum Gasteiger partial charge on any atom is -0.487 e. The van der Waals surface area contributed by atoms with Crippen LogP contribution >= 0.6 is 22.9 Å². The van der Waals surface area contributed by atoms with Crippen molar-refractivity contribution < 1.29 is 14.6 Å². The molecule has 1 atom stereocenters. The number of amides is 1. The first kappa shape index (κ1) is 13.3. The van der Waals surface area contributed by atoms with Crippen LogP contribution in [0.25, 0.3) is 11.1 Å². The van der Waals surface area contributed by atoms with Crippen molar-refractivity contribution in [3.8, 4) is 16.9 Å². The van der Waals surface area contributed by atoms with E-state index < -0.39 is 6.09 Å². The van der Waals surface area contributed by atoms with Gasteiger partial charge in [-0.1, -0.05) is 11.6 Å². The topological polar surface area (TPSA) is 58.6 Å². The van der Waals surface area contributed by atoms with E-state index in [0.717, 1.165) is 22.4 Å². The van der Waals surface area contributed by atoms with Crippen molar-refractivity contribution in [3.63, 3.8) is 0 Å². The monoisotopic (exact) mass is 309 g/mol. The molecule has 2 N–H and O–H groups in total. The van der Waals surface area contributed by atoms with Gasteiger partial charge in [-0.3, -0.25) is 0 Å². The smallest absolute Gasteiger partial charge is 0.404 e. The van der Waals surface area contributed by atoms with Crippen molar-refractivity contribution >= 4 is 29.0 Å². The van der Waals surface area contributed by atoms with Crippen molar-refractivity contribution in [2.24, 2.45) is 0 Å². The molecule has 0 saturated heterocycles. The molecule has 0 spiro atoms. The van der Waals surface area contributed by atoms with E-state index in [1.54, 1.807) is 11.3 Å². The van der Waals surface area contributed by atoms with Crippen LogP contribution in [0.2, 0.25) is 5.02 Å². The molecule has 104 valence electrons. The van der Waals surface area contributed by atoms with Gasteiger partial charge in [-0.15, -0.1) is 0 Å². The van der Waals surface area contributed by atoms with E-state index in [0.29, 0.717) is 11.4 Å². The van der Waals surface area contributed by atoms with Crippen molar-refractivity contribution in [1.82, 2.24) is 5.32 Å². The molecule has 1 aliphatic heterocycles. The third-order valence-corrected chi connectivity index (χ3v) is 4.08. The zero-order valence-corrected chi connectivity index (χ0v) is 12.0. The zero-order valence-electron chi connectivity index (χ0n) is 10.4. The molecule has 2 heterocycles. The number of carboxylic acid groups (broad SMARTS) is 1. The van der Waals surface area contributed by atoms with Crippen LogP contribution in [0.1, 0.15) is 5.56 Å². The van der Waals surface area contributed by atoms with Crippen molar-refractivity contribution in [2.45, 2.75) is 12.5 Å². The molecule has 6 heteroatoms. The van der Waals surface area contributed by atoms with E-state index in [2.05, 4.69) is 5.32 Å². The van der Waals surface area contributed by atoms with Gasteiger partial charge < -0.3 is 15.2 Å². The molecule has 0 aliphatic carbocycles. The first-order valence-electron chi connectivity index (χ1n) is 6.12. The summed E-state index contributed by atoms with van der Waals surface area (Å²) in [5.74, 6) is 0.810. The largest absolute Gasteiger partial charge is 0.487 e. The Bertz CT molecular complexity index is 642. The molecule has 0 fully saturated rings. The Morgan fingerprint density at radius 1 is 1.55 bits per heavy atom. The van der Waals surface area contributed by atoms with E-state index in [4.69, 9.17) is 21.4 Å². The normalized spacial score (nSPS) is 16.6. The standard InChI is InChI=1S/C14H12ClNO3S/c15-10-3-9-4-11(6-16-14(17)18)19-13(9)12(5-10)8-1-2-20-7-8/h1-3,5,7,11,16H,4,6H2,(H,17,18). The Labute approximate surface area is 125 Å². The van der Waals surface area contributed by atoms with Crippen LogP contribution in [-0.4, -0.2) is 23.8 Å². The van der Waals surface area contributed by atoms with Gasteiger partial charge >= 0.3 is 6.09 Å². The SMILES string of the molecule is O=C(O)NCC1Cc2cc(Cl)cc(-c3ccsc3)c2O1. The van der Waals surface area contributed by atoms with Crippen LogP contribution < -0.4 is 10.1 Å². The van der Waals surface area contributed by atoms with E-state index in [1.165, 1.54) is 0 Å². The van der Waals surface area contributed by atoms with Crippen molar-refractivity contribution in [2.75, 3.05) is 6.54 Å². The second kappa shape index (κ2) is 5.34. The summed E-state index contributed by atoms with van der Waals surface area (Å²) in [6.45, 7) is 0.269.